The first-order valence-corrected chi connectivity index (χ1v) is 16.0. The van der Waals surface area contributed by atoms with Crippen LogP contribution in [0.1, 0.15) is 35.3 Å². The number of thioether (sulfide) groups is 1. The fraction of sp³-hybridized carbons (Fsp3) is 0.143. The SMILES string of the molecule is CCOc1ccccc1/C=C(\NC(=O)c1ccccc1)C(=O)Nc1ccc(SC(C)C(=O)Nc2nc3ccc(C)cc3s2)cc1. The number of rotatable bonds is 11. The lowest BCUT2D eigenvalue weighted by Gasteiger charge is -2.14. The molecule has 45 heavy (non-hydrogen) atoms. The van der Waals surface area contributed by atoms with Crippen molar-refractivity contribution in [2.24, 2.45) is 0 Å². The van der Waals surface area contributed by atoms with Crippen molar-refractivity contribution in [1.82, 2.24) is 10.3 Å². The Balaban J connectivity index is 1.26. The highest BCUT2D eigenvalue weighted by atomic mass is 32.2. The molecular weight excluding hydrogens is 605 g/mol. The molecule has 10 heteroatoms. The molecule has 1 aromatic heterocycles. The minimum Gasteiger partial charge on any atom is -0.493 e. The zero-order chi connectivity index (χ0) is 31.8. The number of aromatic nitrogens is 1. The first-order valence-electron chi connectivity index (χ1n) is 14.3. The Morgan fingerprint density at radius 2 is 1.67 bits per heavy atom. The van der Waals surface area contributed by atoms with Crippen molar-refractivity contribution in [3.63, 3.8) is 0 Å². The maximum Gasteiger partial charge on any atom is 0.272 e. The molecule has 228 valence electrons. The molecule has 0 radical (unpaired) electrons. The Kier molecular flexibility index (Phi) is 10.3. The normalized spacial score (nSPS) is 11.9. The maximum atomic E-state index is 13.5. The fourth-order valence-corrected chi connectivity index (χ4v) is 6.18. The first kappa shape index (κ1) is 31.5. The van der Waals surface area contributed by atoms with Gasteiger partial charge < -0.3 is 20.7 Å². The van der Waals surface area contributed by atoms with E-state index in [1.54, 1.807) is 48.5 Å². The van der Waals surface area contributed by atoms with E-state index in [9.17, 15) is 14.4 Å². The Morgan fingerprint density at radius 1 is 0.933 bits per heavy atom. The van der Waals surface area contributed by atoms with Crippen molar-refractivity contribution in [1.29, 1.82) is 0 Å². The van der Waals surface area contributed by atoms with E-state index in [1.165, 1.54) is 23.1 Å². The smallest absolute Gasteiger partial charge is 0.272 e. The minimum absolute atomic E-state index is 0.0600. The van der Waals surface area contributed by atoms with Crippen LogP contribution in [0.15, 0.2) is 108 Å². The van der Waals surface area contributed by atoms with Crippen LogP contribution in [0.2, 0.25) is 0 Å². The number of fused-ring (bicyclic) bond motifs is 1. The monoisotopic (exact) mass is 636 g/mol. The summed E-state index contributed by atoms with van der Waals surface area (Å²) in [4.78, 5) is 44.7. The number of amides is 3. The third kappa shape index (κ3) is 8.37. The number of ether oxygens (including phenoxy) is 1. The van der Waals surface area contributed by atoms with Crippen LogP contribution in [0, 0.1) is 6.92 Å². The molecule has 0 spiro atoms. The number of aryl methyl sites for hydroxylation is 1. The standard InChI is InChI=1S/C35H32N4O4S2/c1-4-43-30-13-9-8-12-25(30)21-29(37-33(41)24-10-6-5-7-11-24)34(42)36-26-15-17-27(18-16-26)44-23(3)32(40)39-35-38-28-19-14-22(2)20-31(28)45-35/h5-21,23H,4H2,1-3H3,(H,36,42)(H,37,41)(H,38,39,40)/b29-21-. The van der Waals surface area contributed by atoms with Crippen LogP contribution in [0.25, 0.3) is 16.3 Å². The highest BCUT2D eigenvalue weighted by Gasteiger charge is 2.18. The van der Waals surface area contributed by atoms with Crippen LogP contribution in [0.4, 0.5) is 10.8 Å². The van der Waals surface area contributed by atoms with Gasteiger partial charge in [0, 0.05) is 21.7 Å². The third-order valence-electron chi connectivity index (χ3n) is 6.62. The lowest BCUT2D eigenvalue weighted by Crippen LogP contribution is -2.30. The molecule has 8 nitrogen and oxygen atoms in total. The van der Waals surface area contributed by atoms with Gasteiger partial charge in [0.1, 0.15) is 11.4 Å². The van der Waals surface area contributed by atoms with Crippen molar-refractivity contribution < 1.29 is 19.1 Å². The van der Waals surface area contributed by atoms with Gasteiger partial charge in [0.15, 0.2) is 5.13 Å². The summed E-state index contributed by atoms with van der Waals surface area (Å²) in [5.41, 5.74) is 3.66. The van der Waals surface area contributed by atoms with Crippen LogP contribution >= 0.6 is 23.1 Å². The molecule has 0 aliphatic carbocycles. The lowest BCUT2D eigenvalue weighted by molar-refractivity contribution is -0.115. The quantitative estimate of drug-likeness (QED) is 0.102. The van der Waals surface area contributed by atoms with Crippen LogP contribution < -0.4 is 20.7 Å². The van der Waals surface area contributed by atoms with Crippen LogP contribution in [-0.4, -0.2) is 34.6 Å². The average Bonchev–Trinajstić information content (AvgIpc) is 3.44. The van der Waals surface area contributed by atoms with Crippen molar-refractivity contribution in [3.05, 3.63) is 119 Å². The topological polar surface area (TPSA) is 109 Å². The van der Waals surface area contributed by atoms with Gasteiger partial charge in [0.25, 0.3) is 11.8 Å². The summed E-state index contributed by atoms with van der Waals surface area (Å²) in [5, 5.41) is 8.73. The van der Waals surface area contributed by atoms with Gasteiger partial charge in [-0.3, -0.25) is 14.4 Å². The van der Waals surface area contributed by atoms with Gasteiger partial charge in [-0.25, -0.2) is 4.98 Å². The zero-order valence-corrected chi connectivity index (χ0v) is 26.6. The fourth-order valence-electron chi connectivity index (χ4n) is 4.35. The van der Waals surface area contributed by atoms with Gasteiger partial charge >= 0.3 is 0 Å². The van der Waals surface area contributed by atoms with E-state index in [0.29, 0.717) is 34.3 Å². The number of hydrogen-bond donors (Lipinski definition) is 3. The number of para-hydroxylation sites is 1. The highest BCUT2D eigenvalue weighted by Crippen LogP contribution is 2.29. The number of nitrogens with one attached hydrogen (secondary N) is 3. The number of carbonyl (C=O) groups is 3. The molecule has 0 saturated heterocycles. The molecule has 0 fully saturated rings. The van der Waals surface area contributed by atoms with E-state index in [1.807, 2.05) is 69.3 Å². The summed E-state index contributed by atoms with van der Waals surface area (Å²) in [6.45, 7) is 6.19. The van der Waals surface area contributed by atoms with Crippen molar-refractivity contribution >= 4 is 67.9 Å². The predicted octanol–water partition coefficient (Wildman–Crippen LogP) is 7.53. The number of thiazole rings is 1. The average molecular weight is 637 g/mol. The first-order chi connectivity index (χ1) is 21.8. The molecule has 5 rings (SSSR count). The summed E-state index contributed by atoms with van der Waals surface area (Å²) >= 11 is 2.85. The second-order valence-electron chi connectivity index (χ2n) is 10.1. The van der Waals surface area contributed by atoms with E-state index in [2.05, 4.69) is 27.0 Å². The van der Waals surface area contributed by atoms with E-state index >= 15 is 0 Å². The van der Waals surface area contributed by atoms with Crippen molar-refractivity contribution in [2.45, 2.75) is 30.9 Å². The van der Waals surface area contributed by atoms with Crippen LogP contribution in [0.3, 0.4) is 0 Å². The summed E-state index contributed by atoms with van der Waals surface area (Å²) in [6.07, 6.45) is 1.60. The van der Waals surface area contributed by atoms with Crippen molar-refractivity contribution in [3.8, 4) is 5.75 Å². The van der Waals surface area contributed by atoms with Crippen molar-refractivity contribution in [2.75, 3.05) is 17.2 Å². The number of hydrogen-bond acceptors (Lipinski definition) is 7. The minimum atomic E-state index is -0.496. The third-order valence-corrected chi connectivity index (χ3v) is 8.66. The summed E-state index contributed by atoms with van der Waals surface area (Å²) in [5.74, 6) is -0.461. The molecular formula is C35H32N4O4S2. The molecule has 4 aromatic carbocycles. The molecule has 1 heterocycles. The Labute approximate surface area is 269 Å². The van der Waals surface area contributed by atoms with Gasteiger partial charge in [-0.2, -0.15) is 0 Å². The maximum absolute atomic E-state index is 13.5. The Morgan fingerprint density at radius 3 is 2.42 bits per heavy atom. The van der Waals surface area contributed by atoms with Gasteiger partial charge in [0.05, 0.1) is 22.1 Å². The van der Waals surface area contributed by atoms with E-state index in [0.717, 1.165) is 20.7 Å². The van der Waals surface area contributed by atoms with Gasteiger partial charge in [-0.15, -0.1) is 11.8 Å². The van der Waals surface area contributed by atoms with E-state index in [-0.39, 0.29) is 16.9 Å². The van der Waals surface area contributed by atoms with Crippen LogP contribution in [0.5, 0.6) is 5.75 Å². The largest absolute Gasteiger partial charge is 0.493 e. The molecule has 1 atom stereocenters. The second kappa shape index (κ2) is 14.7. The van der Waals surface area contributed by atoms with Gasteiger partial charge in [0.2, 0.25) is 5.91 Å². The lowest BCUT2D eigenvalue weighted by atomic mass is 10.1. The summed E-state index contributed by atoms with van der Waals surface area (Å²) < 4.78 is 6.74. The number of carbonyl (C=O) groups excluding carboxylic acids is 3. The Bertz CT molecular complexity index is 1850. The molecule has 0 saturated carbocycles. The molecule has 3 amide bonds. The summed E-state index contributed by atoms with van der Waals surface area (Å²) in [6, 6.07) is 29.2. The number of benzene rings is 4. The molecule has 3 N–H and O–H groups in total. The van der Waals surface area contributed by atoms with E-state index < -0.39 is 11.8 Å². The molecule has 1 unspecified atom stereocenters. The molecule has 0 aliphatic heterocycles. The second-order valence-corrected chi connectivity index (χ2v) is 12.5. The molecule has 0 aliphatic rings. The molecule has 5 aromatic rings. The van der Waals surface area contributed by atoms with E-state index in [4.69, 9.17) is 4.74 Å². The van der Waals surface area contributed by atoms with Gasteiger partial charge in [-0.05, 0) is 87.0 Å². The van der Waals surface area contributed by atoms with Gasteiger partial charge in [-0.1, -0.05) is 53.8 Å². The van der Waals surface area contributed by atoms with Crippen LogP contribution in [-0.2, 0) is 9.59 Å². The Hall–Kier alpha value is -4.93. The predicted molar refractivity (Wildman–Crippen MR) is 183 cm³/mol. The number of nitrogens with zero attached hydrogens (tertiary/aromatic N) is 1. The zero-order valence-electron chi connectivity index (χ0n) is 25.0. The number of anilines is 2. The summed E-state index contributed by atoms with van der Waals surface area (Å²) in [7, 11) is 0. The molecule has 0 bridgehead atoms. The highest BCUT2D eigenvalue weighted by molar-refractivity contribution is 8.00.